The molecule has 0 atom stereocenters. The SMILES string of the molecule is c1ccc(-c2ccccc2-c2ccc3sc4ccccc4c3c2-c2ccccc2-c2cccc3c4ccccc4c4ccccc4c23)cc1. The molecular weight excluding hydrogens is 609 g/mol. The molecule has 0 saturated heterocycles. The van der Waals surface area contributed by atoms with Crippen LogP contribution in [0.25, 0.3) is 97.0 Å². The Morgan fingerprint density at radius 2 is 0.735 bits per heavy atom. The molecule has 0 unspecified atom stereocenters. The molecule has 228 valence electrons. The fraction of sp³-hybridized carbons (Fsp3) is 0. The van der Waals surface area contributed by atoms with Crippen molar-refractivity contribution in [1.82, 2.24) is 0 Å². The van der Waals surface area contributed by atoms with Gasteiger partial charge in [-0.2, -0.15) is 0 Å². The highest BCUT2D eigenvalue weighted by atomic mass is 32.1. The van der Waals surface area contributed by atoms with Crippen LogP contribution in [0.2, 0.25) is 0 Å². The van der Waals surface area contributed by atoms with Crippen molar-refractivity contribution in [2.45, 2.75) is 0 Å². The first-order valence-electron chi connectivity index (χ1n) is 16.9. The summed E-state index contributed by atoms with van der Waals surface area (Å²) in [7, 11) is 0. The Balaban J connectivity index is 1.35. The third kappa shape index (κ3) is 4.37. The zero-order valence-corrected chi connectivity index (χ0v) is 27.5. The van der Waals surface area contributed by atoms with E-state index in [9.17, 15) is 0 Å². The zero-order chi connectivity index (χ0) is 32.3. The maximum absolute atomic E-state index is 2.36. The van der Waals surface area contributed by atoms with Crippen LogP contribution in [0.15, 0.2) is 182 Å². The molecule has 0 saturated carbocycles. The number of benzene rings is 9. The molecule has 0 N–H and O–H groups in total. The fourth-order valence-corrected chi connectivity index (χ4v) is 9.14. The Bertz CT molecular complexity index is 2830. The van der Waals surface area contributed by atoms with E-state index in [0.717, 1.165) is 0 Å². The zero-order valence-electron chi connectivity index (χ0n) is 26.7. The van der Waals surface area contributed by atoms with Gasteiger partial charge in [0.1, 0.15) is 0 Å². The normalized spacial score (nSPS) is 11.7. The van der Waals surface area contributed by atoms with Gasteiger partial charge in [-0.05, 0) is 89.0 Å². The molecule has 1 heteroatoms. The van der Waals surface area contributed by atoms with Crippen LogP contribution in [0.4, 0.5) is 0 Å². The molecule has 0 amide bonds. The van der Waals surface area contributed by atoms with Crippen molar-refractivity contribution in [1.29, 1.82) is 0 Å². The van der Waals surface area contributed by atoms with Crippen LogP contribution in [-0.4, -0.2) is 0 Å². The summed E-state index contributed by atoms with van der Waals surface area (Å²) in [5.41, 5.74) is 9.99. The van der Waals surface area contributed by atoms with Crippen LogP contribution in [0.1, 0.15) is 0 Å². The number of hydrogen-bond donors (Lipinski definition) is 0. The summed E-state index contributed by atoms with van der Waals surface area (Å²) in [6, 6.07) is 67.0. The standard InChI is InChI=1S/C48H30S/c1-2-15-31(16-3-1)32-17-4-5-18-33(32)42-29-30-45-48(43-25-12-13-28-44(43)49-45)47(42)41-24-11-9-22-37(41)40-27-14-26-39-36-20-7-6-19-34(36)35-21-8-10-23-38(35)46(39)40/h1-30H. The van der Waals surface area contributed by atoms with E-state index in [2.05, 4.69) is 182 Å². The average molecular weight is 639 g/mol. The van der Waals surface area contributed by atoms with Crippen molar-refractivity contribution >= 4 is 63.8 Å². The van der Waals surface area contributed by atoms with E-state index >= 15 is 0 Å². The first-order chi connectivity index (χ1) is 24.3. The van der Waals surface area contributed by atoms with E-state index in [-0.39, 0.29) is 0 Å². The van der Waals surface area contributed by atoms with Gasteiger partial charge in [-0.1, -0.05) is 170 Å². The van der Waals surface area contributed by atoms with E-state index in [1.807, 2.05) is 11.3 Å². The number of rotatable bonds is 4. The molecule has 10 aromatic rings. The topological polar surface area (TPSA) is 0 Å². The van der Waals surface area contributed by atoms with Gasteiger partial charge in [-0.25, -0.2) is 0 Å². The molecule has 0 radical (unpaired) electrons. The van der Waals surface area contributed by atoms with Crippen LogP contribution < -0.4 is 0 Å². The summed E-state index contributed by atoms with van der Waals surface area (Å²) in [6.07, 6.45) is 0. The van der Waals surface area contributed by atoms with Crippen molar-refractivity contribution < 1.29 is 0 Å². The van der Waals surface area contributed by atoms with Gasteiger partial charge < -0.3 is 0 Å². The highest BCUT2D eigenvalue weighted by molar-refractivity contribution is 7.26. The predicted molar refractivity (Wildman–Crippen MR) is 214 cm³/mol. The van der Waals surface area contributed by atoms with Gasteiger partial charge in [0.25, 0.3) is 0 Å². The number of hydrogen-bond acceptors (Lipinski definition) is 1. The Morgan fingerprint density at radius 1 is 0.245 bits per heavy atom. The highest BCUT2D eigenvalue weighted by Gasteiger charge is 2.22. The first kappa shape index (κ1) is 28.0. The smallest absolute Gasteiger partial charge is 0.0362 e. The summed E-state index contributed by atoms with van der Waals surface area (Å²) >= 11 is 1.88. The summed E-state index contributed by atoms with van der Waals surface area (Å²) in [4.78, 5) is 0. The predicted octanol–water partition coefficient (Wildman–Crippen LogP) is 14.2. The van der Waals surface area contributed by atoms with Crippen LogP contribution in [0, 0.1) is 0 Å². The quantitative estimate of drug-likeness (QED) is 0.168. The largest absolute Gasteiger partial charge is 0.135 e. The van der Waals surface area contributed by atoms with Gasteiger partial charge in [0.2, 0.25) is 0 Å². The molecular formula is C48H30S. The maximum atomic E-state index is 2.36. The lowest BCUT2D eigenvalue weighted by atomic mass is 9.83. The van der Waals surface area contributed by atoms with Crippen molar-refractivity contribution in [3.05, 3.63) is 182 Å². The molecule has 49 heavy (non-hydrogen) atoms. The number of fused-ring (bicyclic) bond motifs is 9. The monoisotopic (exact) mass is 638 g/mol. The third-order valence-electron chi connectivity index (χ3n) is 10.1. The highest BCUT2D eigenvalue weighted by Crippen LogP contribution is 2.50. The van der Waals surface area contributed by atoms with E-state index in [4.69, 9.17) is 0 Å². The van der Waals surface area contributed by atoms with Gasteiger partial charge in [-0.3, -0.25) is 0 Å². The second kappa shape index (κ2) is 11.3. The lowest BCUT2D eigenvalue weighted by Crippen LogP contribution is -1.93. The Hall–Kier alpha value is -6.02. The summed E-state index contributed by atoms with van der Waals surface area (Å²) < 4.78 is 2.62. The number of thiophene rings is 1. The van der Waals surface area contributed by atoms with E-state index < -0.39 is 0 Å². The summed E-state index contributed by atoms with van der Waals surface area (Å²) in [5, 5.41) is 10.4. The Morgan fingerprint density at radius 3 is 1.45 bits per heavy atom. The van der Waals surface area contributed by atoms with Gasteiger partial charge in [0.15, 0.2) is 0 Å². The van der Waals surface area contributed by atoms with Gasteiger partial charge in [0.05, 0.1) is 0 Å². The van der Waals surface area contributed by atoms with Gasteiger partial charge in [-0.15, -0.1) is 11.3 Å². The van der Waals surface area contributed by atoms with Crippen molar-refractivity contribution in [3.8, 4) is 44.5 Å². The van der Waals surface area contributed by atoms with Crippen molar-refractivity contribution in [3.63, 3.8) is 0 Å². The van der Waals surface area contributed by atoms with Crippen molar-refractivity contribution in [2.75, 3.05) is 0 Å². The van der Waals surface area contributed by atoms with E-state index in [0.29, 0.717) is 0 Å². The van der Waals surface area contributed by atoms with Crippen LogP contribution in [-0.2, 0) is 0 Å². The molecule has 1 aromatic heterocycles. The second-order valence-electron chi connectivity index (χ2n) is 12.7. The maximum Gasteiger partial charge on any atom is 0.0362 e. The molecule has 0 fully saturated rings. The third-order valence-corrected chi connectivity index (χ3v) is 11.2. The molecule has 10 rings (SSSR count). The van der Waals surface area contributed by atoms with Crippen LogP contribution in [0.3, 0.4) is 0 Å². The fourth-order valence-electron chi connectivity index (χ4n) is 8.02. The lowest BCUT2D eigenvalue weighted by Gasteiger charge is -2.20. The van der Waals surface area contributed by atoms with Crippen LogP contribution in [0.5, 0.6) is 0 Å². The Kier molecular flexibility index (Phi) is 6.47. The van der Waals surface area contributed by atoms with E-state index in [1.54, 1.807) is 0 Å². The molecule has 0 nitrogen and oxygen atoms in total. The lowest BCUT2D eigenvalue weighted by molar-refractivity contribution is 1.58. The van der Waals surface area contributed by atoms with Crippen molar-refractivity contribution in [2.24, 2.45) is 0 Å². The first-order valence-corrected chi connectivity index (χ1v) is 17.7. The van der Waals surface area contributed by atoms with Gasteiger partial charge in [0, 0.05) is 20.2 Å². The summed E-state index contributed by atoms with van der Waals surface area (Å²) in [6.45, 7) is 0. The summed E-state index contributed by atoms with van der Waals surface area (Å²) in [5.74, 6) is 0. The molecule has 9 aromatic carbocycles. The molecule has 0 spiro atoms. The van der Waals surface area contributed by atoms with E-state index in [1.165, 1.54) is 97.0 Å². The molecule has 0 bridgehead atoms. The molecule has 0 aliphatic heterocycles. The minimum Gasteiger partial charge on any atom is -0.135 e. The molecule has 1 heterocycles. The molecule has 0 aliphatic rings. The second-order valence-corrected chi connectivity index (χ2v) is 13.8. The minimum atomic E-state index is 1.22. The average Bonchev–Trinajstić information content (AvgIpc) is 3.57. The van der Waals surface area contributed by atoms with Gasteiger partial charge >= 0.3 is 0 Å². The Labute approximate surface area is 289 Å². The van der Waals surface area contributed by atoms with Crippen LogP contribution >= 0.6 is 11.3 Å². The minimum absolute atomic E-state index is 1.22. The molecule has 0 aliphatic carbocycles.